The standard InChI is InChI=1S/C20H32N2O2/c1-4-10-20(2,16-21-12-13-24-18(14-21)15-23-3)22-11-9-17-7-5-6-8-19(17)22/h5-8,18H,4,9-16H2,1-3H3. The fourth-order valence-electron chi connectivity index (χ4n) is 4.43. The van der Waals surface area contributed by atoms with Crippen LogP contribution in [0.25, 0.3) is 0 Å². The average Bonchev–Trinajstić information content (AvgIpc) is 3.00. The van der Waals surface area contributed by atoms with Crippen LogP contribution in [0.15, 0.2) is 24.3 Å². The molecule has 1 aromatic rings. The molecular weight excluding hydrogens is 300 g/mol. The predicted octanol–water partition coefficient (Wildman–Crippen LogP) is 2.96. The Morgan fingerprint density at radius 3 is 2.92 bits per heavy atom. The van der Waals surface area contributed by atoms with Crippen LogP contribution in [0, 0.1) is 0 Å². The fraction of sp³-hybridized carbons (Fsp3) is 0.700. The number of morpholine rings is 1. The fourth-order valence-corrected chi connectivity index (χ4v) is 4.43. The number of rotatable bonds is 7. The van der Waals surface area contributed by atoms with E-state index in [-0.39, 0.29) is 11.6 Å². The van der Waals surface area contributed by atoms with Crippen molar-refractivity contribution in [2.24, 2.45) is 0 Å². The van der Waals surface area contributed by atoms with Gasteiger partial charge in [0.15, 0.2) is 0 Å². The van der Waals surface area contributed by atoms with E-state index in [4.69, 9.17) is 9.47 Å². The largest absolute Gasteiger partial charge is 0.382 e. The number of nitrogens with zero attached hydrogens (tertiary/aromatic N) is 2. The molecule has 0 radical (unpaired) electrons. The number of benzene rings is 1. The molecule has 2 aliphatic rings. The molecule has 1 saturated heterocycles. The Bertz CT molecular complexity index is 534. The number of hydrogen-bond acceptors (Lipinski definition) is 4. The quantitative estimate of drug-likeness (QED) is 0.766. The Hall–Kier alpha value is -1.10. The van der Waals surface area contributed by atoms with Crippen LogP contribution in [0.2, 0.25) is 0 Å². The van der Waals surface area contributed by atoms with Gasteiger partial charge < -0.3 is 14.4 Å². The maximum absolute atomic E-state index is 5.82. The highest BCUT2D eigenvalue weighted by Gasteiger charge is 2.37. The van der Waals surface area contributed by atoms with Crippen LogP contribution in [0.5, 0.6) is 0 Å². The van der Waals surface area contributed by atoms with Crippen molar-refractivity contribution < 1.29 is 9.47 Å². The highest BCUT2D eigenvalue weighted by atomic mass is 16.5. The lowest BCUT2D eigenvalue weighted by molar-refractivity contribution is -0.0651. The van der Waals surface area contributed by atoms with Crippen LogP contribution in [-0.2, 0) is 15.9 Å². The van der Waals surface area contributed by atoms with E-state index in [2.05, 4.69) is 47.9 Å². The van der Waals surface area contributed by atoms with Gasteiger partial charge in [0.1, 0.15) is 0 Å². The highest BCUT2D eigenvalue weighted by molar-refractivity contribution is 5.59. The van der Waals surface area contributed by atoms with E-state index in [0.29, 0.717) is 6.61 Å². The summed E-state index contributed by atoms with van der Waals surface area (Å²) in [6.45, 7) is 10.5. The summed E-state index contributed by atoms with van der Waals surface area (Å²) in [5.74, 6) is 0. The summed E-state index contributed by atoms with van der Waals surface area (Å²) in [5.41, 5.74) is 3.12. The minimum absolute atomic E-state index is 0.177. The molecule has 0 aliphatic carbocycles. The van der Waals surface area contributed by atoms with Crippen LogP contribution >= 0.6 is 0 Å². The van der Waals surface area contributed by atoms with Crippen molar-refractivity contribution >= 4 is 5.69 Å². The number of methoxy groups -OCH3 is 1. The average molecular weight is 332 g/mol. The topological polar surface area (TPSA) is 24.9 Å². The van der Waals surface area contributed by atoms with Crippen molar-refractivity contribution in [2.75, 3.05) is 51.4 Å². The second-order valence-corrected chi connectivity index (χ2v) is 7.46. The molecule has 0 bridgehead atoms. The zero-order chi connectivity index (χ0) is 17.0. The Balaban J connectivity index is 1.74. The first kappa shape index (κ1) is 17.7. The third kappa shape index (κ3) is 3.76. The molecule has 0 spiro atoms. The van der Waals surface area contributed by atoms with Crippen molar-refractivity contribution in [1.29, 1.82) is 0 Å². The summed E-state index contributed by atoms with van der Waals surface area (Å²) >= 11 is 0. The molecule has 0 amide bonds. The Kier molecular flexibility index (Phi) is 5.80. The van der Waals surface area contributed by atoms with E-state index in [1.807, 2.05) is 0 Å². The van der Waals surface area contributed by atoms with Gasteiger partial charge in [0.05, 0.1) is 24.9 Å². The van der Waals surface area contributed by atoms with E-state index < -0.39 is 0 Å². The Morgan fingerprint density at radius 2 is 2.12 bits per heavy atom. The zero-order valence-electron chi connectivity index (χ0n) is 15.5. The van der Waals surface area contributed by atoms with Gasteiger partial charge in [-0.2, -0.15) is 0 Å². The van der Waals surface area contributed by atoms with Gasteiger partial charge in [0.2, 0.25) is 0 Å². The van der Waals surface area contributed by atoms with Crippen molar-refractivity contribution in [3.63, 3.8) is 0 Å². The van der Waals surface area contributed by atoms with Crippen LogP contribution in [0.1, 0.15) is 32.3 Å². The second-order valence-electron chi connectivity index (χ2n) is 7.46. The maximum atomic E-state index is 5.82. The van der Waals surface area contributed by atoms with Gasteiger partial charge in [-0.15, -0.1) is 0 Å². The van der Waals surface area contributed by atoms with Crippen molar-refractivity contribution in [1.82, 2.24) is 4.90 Å². The van der Waals surface area contributed by atoms with E-state index in [1.54, 1.807) is 7.11 Å². The summed E-state index contributed by atoms with van der Waals surface area (Å²) in [4.78, 5) is 5.23. The second kappa shape index (κ2) is 7.85. The molecule has 4 heteroatoms. The maximum Gasteiger partial charge on any atom is 0.0935 e. The highest BCUT2D eigenvalue weighted by Crippen LogP contribution is 2.36. The molecule has 3 rings (SSSR count). The van der Waals surface area contributed by atoms with Gasteiger partial charge >= 0.3 is 0 Å². The molecule has 2 atom stereocenters. The van der Waals surface area contributed by atoms with Crippen LogP contribution < -0.4 is 4.90 Å². The minimum Gasteiger partial charge on any atom is -0.382 e. The summed E-state index contributed by atoms with van der Waals surface area (Å²) in [5, 5.41) is 0. The normalized spacial score (nSPS) is 24.0. The number of anilines is 1. The van der Waals surface area contributed by atoms with Gasteiger partial charge in [0, 0.05) is 39.0 Å². The Morgan fingerprint density at radius 1 is 1.29 bits per heavy atom. The van der Waals surface area contributed by atoms with Gasteiger partial charge in [-0.1, -0.05) is 31.5 Å². The molecular formula is C20H32N2O2. The number of para-hydroxylation sites is 1. The monoisotopic (exact) mass is 332 g/mol. The summed E-state index contributed by atoms with van der Waals surface area (Å²) in [6.07, 6.45) is 3.81. The smallest absolute Gasteiger partial charge is 0.0935 e. The zero-order valence-corrected chi connectivity index (χ0v) is 15.5. The summed E-state index contributed by atoms with van der Waals surface area (Å²) in [6, 6.07) is 8.91. The van der Waals surface area contributed by atoms with Crippen molar-refractivity contribution in [3.8, 4) is 0 Å². The number of hydrogen-bond donors (Lipinski definition) is 0. The van der Waals surface area contributed by atoms with Crippen LogP contribution in [0.4, 0.5) is 5.69 Å². The Labute approximate surface area is 146 Å². The third-order valence-electron chi connectivity index (χ3n) is 5.47. The summed E-state index contributed by atoms with van der Waals surface area (Å²) < 4.78 is 11.1. The first-order valence-electron chi connectivity index (χ1n) is 9.35. The predicted molar refractivity (Wildman–Crippen MR) is 98.9 cm³/mol. The molecule has 4 nitrogen and oxygen atoms in total. The van der Waals surface area contributed by atoms with Gasteiger partial charge in [-0.05, 0) is 31.4 Å². The lowest BCUT2D eigenvalue weighted by atomic mass is 9.92. The van der Waals surface area contributed by atoms with Gasteiger partial charge in [-0.25, -0.2) is 0 Å². The molecule has 1 aromatic carbocycles. The van der Waals surface area contributed by atoms with Crippen molar-refractivity contribution in [3.05, 3.63) is 29.8 Å². The van der Waals surface area contributed by atoms with Gasteiger partial charge in [0.25, 0.3) is 0 Å². The van der Waals surface area contributed by atoms with E-state index >= 15 is 0 Å². The third-order valence-corrected chi connectivity index (χ3v) is 5.47. The first-order valence-corrected chi connectivity index (χ1v) is 9.35. The van der Waals surface area contributed by atoms with Crippen LogP contribution in [-0.4, -0.2) is 63.0 Å². The molecule has 24 heavy (non-hydrogen) atoms. The first-order chi connectivity index (χ1) is 11.7. The molecule has 0 N–H and O–H groups in total. The van der Waals surface area contributed by atoms with Gasteiger partial charge in [-0.3, -0.25) is 4.90 Å². The van der Waals surface area contributed by atoms with E-state index in [0.717, 1.165) is 32.8 Å². The number of fused-ring (bicyclic) bond motifs is 1. The lowest BCUT2D eigenvalue weighted by Crippen LogP contribution is -2.57. The molecule has 2 heterocycles. The molecule has 0 aromatic heterocycles. The number of ether oxygens (including phenoxy) is 2. The molecule has 134 valence electrons. The molecule has 2 unspecified atom stereocenters. The van der Waals surface area contributed by atoms with Crippen LogP contribution in [0.3, 0.4) is 0 Å². The summed E-state index contributed by atoms with van der Waals surface area (Å²) in [7, 11) is 1.75. The molecule has 2 aliphatic heterocycles. The minimum atomic E-state index is 0.177. The lowest BCUT2D eigenvalue weighted by Gasteiger charge is -2.46. The van der Waals surface area contributed by atoms with E-state index in [1.165, 1.54) is 30.5 Å². The molecule has 1 fully saturated rings. The molecule has 0 saturated carbocycles. The van der Waals surface area contributed by atoms with E-state index in [9.17, 15) is 0 Å². The van der Waals surface area contributed by atoms with Crippen molar-refractivity contribution in [2.45, 2.75) is 44.8 Å². The SMILES string of the molecule is CCCC(C)(CN1CCOC(COC)C1)N1CCc2ccccc21.